The minimum atomic E-state index is -3.10. The van der Waals surface area contributed by atoms with Crippen LogP contribution in [-0.2, 0) is 19.7 Å². The van der Waals surface area contributed by atoms with Crippen molar-refractivity contribution in [3.8, 4) is 0 Å². The second-order valence-electron chi connectivity index (χ2n) is 6.54. The highest BCUT2D eigenvalue weighted by molar-refractivity contribution is 6.60. The molecule has 0 heterocycles. The van der Waals surface area contributed by atoms with Gasteiger partial charge in [0.1, 0.15) is 5.82 Å². The summed E-state index contributed by atoms with van der Waals surface area (Å²) in [5.41, 5.74) is 0.0813. The molecule has 24 heavy (non-hydrogen) atoms. The van der Waals surface area contributed by atoms with Crippen molar-refractivity contribution in [3.05, 3.63) is 35.1 Å². The first-order valence-corrected chi connectivity index (χ1v) is 10.1. The van der Waals surface area contributed by atoms with E-state index in [1.807, 2.05) is 41.5 Å². The average Bonchev–Trinajstić information content (AvgIpc) is 2.39. The van der Waals surface area contributed by atoms with Crippen LogP contribution < -0.4 is 0 Å². The van der Waals surface area contributed by atoms with Gasteiger partial charge in [0.25, 0.3) is 0 Å². The molecule has 0 saturated heterocycles. The van der Waals surface area contributed by atoms with Gasteiger partial charge in [0.05, 0.1) is 0 Å². The Balaban J connectivity index is 3.04. The summed E-state index contributed by atoms with van der Waals surface area (Å²) in [6.07, 6.45) is -0.265. The maximum Gasteiger partial charge on any atom is 0.501 e. The highest BCUT2D eigenvalue weighted by Crippen LogP contribution is 2.25. The first-order chi connectivity index (χ1) is 11.0. The summed E-state index contributed by atoms with van der Waals surface area (Å²) in [5.74, 6) is -3.05. The summed E-state index contributed by atoms with van der Waals surface area (Å²) in [4.78, 5) is 0. The van der Waals surface area contributed by atoms with Crippen LogP contribution in [0.3, 0.4) is 0 Å². The maximum absolute atomic E-state index is 13.9. The van der Waals surface area contributed by atoms with Crippen LogP contribution in [0, 0.1) is 17.5 Å². The molecule has 1 rings (SSSR count). The minimum Gasteiger partial charge on any atom is -0.371 e. The predicted octanol–water partition coefficient (Wildman–Crippen LogP) is 4.86. The Hall–Kier alpha value is -0.893. The zero-order valence-electron chi connectivity index (χ0n) is 15.2. The number of aryl methyl sites for hydroxylation is 1. The molecule has 1 aromatic carbocycles. The molecule has 0 aliphatic heterocycles. The van der Waals surface area contributed by atoms with Crippen molar-refractivity contribution in [2.45, 2.75) is 72.3 Å². The normalized spacial score (nSPS) is 12.7. The van der Waals surface area contributed by atoms with Crippen LogP contribution in [0.25, 0.3) is 0 Å². The van der Waals surface area contributed by atoms with Gasteiger partial charge in [-0.2, -0.15) is 0 Å². The van der Waals surface area contributed by atoms with Gasteiger partial charge in [0.2, 0.25) is 0 Å². The summed E-state index contributed by atoms with van der Waals surface area (Å²) in [5, 5.41) is 0. The molecule has 0 saturated carbocycles. The van der Waals surface area contributed by atoms with E-state index in [1.54, 1.807) is 0 Å². The van der Waals surface area contributed by atoms with E-state index in [1.165, 1.54) is 0 Å². The van der Waals surface area contributed by atoms with Gasteiger partial charge in [-0.25, -0.2) is 13.2 Å². The average molecular weight is 364 g/mol. The van der Waals surface area contributed by atoms with E-state index in [0.717, 1.165) is 6.07 Å². The van der Waals surface area contributed by atoms with E-state index < -0.39 is 26.3 Å². The van der Waals surface area contributed by atoms with Crippen LogP contribution in [0.2, 0.25) is 6.04 Å². The molecule has 0 unspecified atom stereocenters. The third kappa shape index (κ3) is 6.55. The molecule has 0 radical (unpaired) electrons. The molecule has 138 valence electrons. The van der Waals surface area contributed by atoms with Crippen molar-refractivity contribution in [2.24, 2.45) is 0 Å². The molecular weight excluding hydrogens is 337 g/mol. The van der Waals surface area contributed by atoms with Crippen LogP contribution in [-0.4, -0.2) is 27.1 Å². The smallest absolute Gasteiger partial charge is 0.371 e. The number of rotatable bonds is 9. The van der Waals surface area contributed by atoms with Crippen molar-refractivity contribution in [1.82, 2.24) is 0 Å². The zero-order valence-corrected chi connectivity index (χ0v) is 16.2. The fourth-order valence-electron chi connectivity index (χ4n) is 2.38. The zero-order chi connectivity index (χ0) is 18.5. The molecule has 0 aliphatic rings. The molecule has 3 nitrogen and oxygen atoms in total. The Morgan fingerprint density at radius 2 is 1.17 bits per heavy atom. The first kappa shape index (κ1) is 21.2. The molecule has 0 fully saturated rings. The third-order valence-electron chi connectivity index (χ3n) is 3.04. The molecule has 7 heteroatoms. The molecule has 0 N–H and O–H groups in total. The lowest BCUT2D eigenvalue weighted by atomic mass is 10.1. The molecule has 0 spiro atoms. The van der Waals surface area contributed by atoms with Gasteiger partial charge in [-0.1, -0.05) is 0 Å². The maximum atomic E-state index is 13.9. The van der Waals surface area contributed by atoms with Crippen LogP contribution in [0.15, 0.2) is 12.1 Å². The molecule has 0 bridgehead atoms. The topological polar surface area (TPSA) is 27.7 Å². The quantitative estimate of drug-likeness (QED) is 0.463. The summed E-state index contributed by atoms with van der Waals surface area (Å²) in [6.45, 7) is 11.2. The van der Waals surface area contributed by atoms with Gasteiger partial charge in [-0.05, 0) is 59.6 Å². The van der Waals surface area contributed by atoms with Crippen molar-refractivity contribution in [3.63, 3.8) is 0 Å². The number of benzene rings is 1. The lowest BCUT2D eigenvalue weighted by molar-refractivity contribution is 0.00328. The molecular formula is C17H27F3O3Si. The van der Waals surface area contributed by atoms with Crippen LogP contribution in [0.5, 0.6) is 0 Å². The van der Waals surface area contributed by atoms with E-state index in [-0.39, 0.29) is 36.3 Å². The van der Waals surface area contributed by atoms with Crippen molar-refractivity contribution in [1.29, 1.82) is 0 Å². The SMILES string of the molecule is CC(C)O[Si](CCc1cc(F)c(F)cc1F)(OC(C)C)OC(C)C. The Labute approximate surface area is 143 Å². The number of halogens is 3. The monoisotopic (exact) mass is 364 g/mol. The van der Waals surface area contributed by atoms with Gasteiger partial charge in [-0.15, -0.1) is 0 Å². The van der Waals surface area contributed by atoms with Gasteiger partial charge in [0, 0.05) is 30.4 Å². The van der Waals surface area contributed by atoms with E-state index in [9.17, 15) is 13.2 Å². The number of hydrogen-bond donors (Lipinski definition) is 0. The molecule has 0 amide bonds. The molecule has 0 aromatic heterocycles. The standard InChI is InChI=1S/C17H27F3O3Si/c1-11(2)21-24(22-12(3)4,23-13(5)6)8-7-14-9-16(19)17(20)10-15(14)18/h9-13H,7-8H2,1-6H3. The van der Waals surface area contributed by atoms with Crippen LogP contribution in [0.4, 0.5) is 13.2 Å². The first-order valence-electron chi connectivity index (χ1n) is 8.21. The molecule has 0 aliphatic carbocycles. The van der Waals surface area contributed by atoms with Crippen molar-refractivity contribution < 1.29 is 26.4 Å². The summed E-state index contributed by atoms with van der Waals surface area (Å²) in [7, 11) is -3.10. The fraction of sp³-hybridized carbons (Fsp3) is 0.647. The minimum absolute atomic E-state index is 0.0813. The van der Waals surface area contributed by atoms with Crippen molar-refractivity contribution >= 4 is 8.80 Å². The Bertz CT molecular complexity index is 510. The Kier molecular flexibility index (Phi) is 7.92. The Morgan fingerprint density at radius 1 is 0.750 bits per heavy atom. The van der Waals surface area contributed by atoms with Crippen LogP contribution in [0.1, 0.15) is 47.1 Å². The van der Waals surface area contributed by atoms with E-state index >= 15 is 0 Å². The second-order valence-corrected chi connectivity index (χ2v) is 9.11. The van der Waals surface area contributed by atoms with E-state index in [0.29, 0.717) is 6.07 Å². The summed E-state index contributed by atoms with van der Waals surface area (Å²) >= 11 is 0. The molecule has 1 aromatic rings. The highest BCUT2D eigenvalue weighted by atomic mass is 28.4. The Morgan fingerprint density at radius 3 is 1.58 bits per heavy atom. The van der Waals surface area contributed by atoms with Crippen LogP contribution >= 0.6 is 0 Å². The lowest BCUT2D eigenvalue weighted by Crippen LogP contribution is -2.51. The van der Waals surface area contributed by atoms with Gasteiger partial charge < -0.3 is 13.3 Å². The third-order valence-corrected chi connectivity index (χ3v) is 6.39. The van der Waals surface area contributed by atoms with E-state index in [2.05, 4.69) is 0 Å². The van der Waals surface area contributed by atoms with E-state index in [4.69, 9.17) is 13.3 Å². The van der Waals surface area contributed by atoms with Gasteiger partial charge >= 0.3 is 8.80 Å². The lowest BCUT2D eigenvalue weighted by Gasteiger charge is -2.34. The summed E-state index contributed by atoms with van der Waals surface area (Å²) < 4.78 is 58.3. The number of hydrogen-bond acceptors (Lipinski definition) is 3. The van der Waals surface area contributed by atoms with Crippen molar-refractivity contribution in [2.75, 3.05) is 0 Å². The van der Waals surface area contributed by atoms with Gasteiger partial charge in [-0.3, -0.25) is 0 Å². The highest BCUT2D eigenvalue weighted by Gasteiger charge is 2.44. The second kappa shape index (κ2) is 8.99. The van der Waals surface area contributed by atoms with Gasteiger partial charge in [0.15, 0.2) is 11.6 Å². The fourth-order valence-corrected chi connectivity index (χ4v) is 5.63. The molecule has 0 atom stereocenters. The summed E-state index contributed by atoms with van der Waals surface area (Å²) in [6, 6.07) is 1.72. The largest absolute Gasteiger partial charge is 0.501 e. The predicted molar refractivity (Wildman–Crippen MR) is 89.2 cm³/mol.